The van der Waals surface area contributed by atoms with E-state index < -0.39 is 11.4 Å². The van der Waals surface area contributed by atoms with Crippen LogP contribution in [0.15, 0.2) is 66.0 Å². The largest absolute Gasteiger partial charge is 0.481 e. The standard InChI is InChI=1S/C33H39N5O3S2/c1-7-13-33(6,30(39)40)14-12-20(4)15-25-21(5)10-11-22(18-35-25)23-16-24(27-19-36-28(8-2)42-27)29-26(17-23)37-32(43-29)38-31(41)34-9-3/h10-11,16-19H,4-5,7-9,12-15H2,1-3,6H3,(H,39,40)(H2,34,37,38,41). The number of urea groups is 1. The molecule has 1 aliphatic heterocycles. The molecular formula is C33H39N5O3S2. The number of anilines is 1. The van der Waals surface area contributed by atoms with Crippen LogP contribution in [0.1, 0.15) is 70.4 Å². The second-order valence-electron chi connectivity index (χ2n) is 10.9. The molecule has 8 nitrogen and oxygen atoms in total. The van der Waals surface area contributed by atoms with Crippen LogP contribution < -0.4 is 10.6 Å². The third kappa shape index (κ3) is 7.74. The summed E-state index contributed by atoms with van der Waals surface area (Å²) in [6.07, 6.45) is 11.7. The Morgan fingerprint density at radius 2 is 1.91 bits per heavy atom. The molecule has 10 heteroatoms. The number of aliphatic carboxylic acids is 1. The maximum Gasteiger partial charge on any atom is 0.321 e. The fourth-order valence-corrected chi connectivity index (χ4v) is 6.81. The molecular weight excluding hydrogens is 579 g/mol. The number of nitrogens with one attached hydrogen (secondary N) is 2. The minimum absolute atomic E-state index is 0.288. The lowest BCUT2D eigenvalue weighted by Crippen LogP contribution is -2.28. The van der Waals surface area contributed by atoms with Crippen LogP contribution >= 0.6 is 22.7 Å². The predicted molar refractivity (Wildman–Crippen MR) is 180 cm³/mol. The Hall–Kier alpha value is -3.89. The number of benzene rings is 1. The average Bonchev–Trinajstić information content (AvgIpc) is 3.57. The fraction of sp³-hybridized carbons (Fsp3) is 0.364. The molecule has 0 aliphatic carbocycles. The van der Waals surface area contributed by atoms with E-state index in [-0.39, 0.29) is 6.03 Å². The van der Waals surface area contributed by atoms with Crippen molar-refractivity contribution in [1.29, 1.82) is 0 Å². The van der Waals surface area contributed by atoms with Crippen LogP contribution in [0.2, 0.25) is 0 Å². The summed E-state index contributed by atoms with van der Waals surface area (Å²) in [6, 6.07) is 3.85. The Morgan fingerprint density at radius 3 is 2.58 bits per heavy atom. The van der Waals surface area contributed by atoms with E-state index >= 15 is 0 Å². The summed E-state index contributed by atoms with van der Waals surface area (Å²) in [7, 11) is 0. The van der Waals surface area contributed by atoms with Gasteiger partial charge < -0.3 is 10.4 Å². The number of carboxylic acids is 1. The quantitative estimate of drug-likeness (QED) is 0.166. The van der Waals surface area contributed by atoms with Crippen molar-refractivity contribution < 1.29 is 14.7 Å². The third-order valence-electron chi connectivity index (χ3n) is 7.46. The Bertz CT molecular complexity index is 1640. The minimum Gasteiger partial charge on any atom is -0.481 e. The van der Waals surface area contributed by atoms with Crippen molar-refractivity contribution in [2.45, 2.75) is 66.2 Å². The van der Waals surface area contributed by atoms with Gasteiger partial charge in [-0.2, -0.15) is 0 Å². The summed E-state index contributed by atoms with van der Waals surface area (Å²) in [6.45, 7) is 16.8. The molecule has 2 amide bonds. The maximum atomic E-state index is 12.2. The highest BCUT2D eigenvalue weighted by Crippen LogP contribution is 2.40. The summed E-state index contributed by atoms with van der Waals surface area (Å²) in [5.41, 5.74) is 5.40. The van der Waals surface area contributed by atoms with Gasteiger partial charge in [-0.3, -0.25) is 15.1 Å². The van der Waals surface area contributed by atoms with Crippen molar-refractivity contribution in [3.05, 3.63) is 71.6 Å². The van der Waals surface area contributed by atoms with E-state index in [1.807, 2.05) is 51.4 Å². The minimum atomic E-state index is -0.762. The zero-order chi connectivity index (χ0) is 31.1. The molecule has 1 unspecified atom stereocenters. The Balaban J connectivity index is 1.64. The van der Waals surface area contributed by atoms with E-state index in [1.165, 1.54) is 11.3 Å². The number of aliphatic imine (C=N–C) groups is 1. The van der Waals surface area contributed by atoms with Crippen molar-refractivity contribution in [2.75, 3.05) is 11.9 Å². The molecule has 2 aromatic heterocycles. The first-order valence-electron chi connectivity index (χ1n) is 14.6. The van der Waals surface area contributed by atoms with Gasteiger partial charge in [0.15, 0.2) is 5.13 Å². The second kappa shape index (κ2) is 14.1. The van der Waals surface area contributed by atoms with Gasteiger partial charge in [0.05, 0.1) is 31.2 Å². The van der Waals surface area contributed by atoms with Crippen LogP contribution in [0, 0.1) is 5.41 Å². The molecule has 0 bridgehead atoms. The van der Waals surface area contributed by atoms with Gasteiger partial charge in [-0.1, -0.05) is 62.5 Å². The summed E-state index contributed by atoms with van der Waals surface area (Å²) in [5, 5.41) is 16.9. The SMILES string of the molecule is C=C(CCC(C)(CCC)C(=O)O)CC1=NC=C(c2cc(-c3cnc(CC)s3)c3sc(NC(=O)NCC)nc3c2)C=CC1=C. The number of aryl methyl sites for hydroxylation is 1. The first-order chi connectivity index (χ1) is 20.6. The van der Waals surface area contributed by atoms with Crippen molar-refractivity contribution >= 4 is 61.3 Å². The van der Waals surface area contributed by atoms with Gasteiger partial charge >= 0.3 is 12.0 Å². The van der Waals surface area contributed by atoms with Crippen LogP contribution in [0.5, 0.6) is 0 Å². The zero-order valence-corrected chi connectivity index (χ0v) is 26.9. The Kier molecular flexibility index (Phi) is 10.5. The van der Waals surface area contributed by atoms with E-state index in [0.717, 1.165) is 66.5 Å². The van der Waals surface area contributed by atoms with Crippen LogP contribution in [0.4, 0.5) is 9.93 Å². The first kappa shape index (κ1) is 32.0. The summed E-state index contributed by atoms with van der Waals surface area (Å²) >= 11 is 3.09. The predicted octanol–water partition coefficient (Wildman–Crippen LogP) is 8.65. The van der Waals surface area contributed by atoms with Gasteiger partial charge in [0.1, 0.15) is 0 Å². The number of nitrogens with zero attached hydrogens (tertiary/aromatic N) is 3. The molecule has 226 valence electrons. The van der Waals surface area contributed by atoms with Crippen LogP contribution in [0.3, 0.4) is 0 Å². The van der Waals surface area contributed by atoms with Gasteiger partial charge in [0.2, 0.25) is 0 Å². The molecule has 3 heterocycles. The van der Waals surface area contributed by atoms with E-state index in [4.69, 9.17) is 9.98 Å². The molecule has 0 saturated carbocycles. The molecule has 43 heavy (non-hydrogen) atoms. The Labute approximate surface area is 261 Å². The Morgan fingerprint density at radius 1 is 1.12 bits per heavy atom. The smallest absolute Gasteiger partial charge is 0.321 e. The molecule has 0 fully saturated rings. The lowest BCUT2D eigenvalue weighted by Gasteiger charge is -2.24. The van der Waals surface area contributed by atoms with Crippen molar-refractivity contribution in [3.63, 3.8) is 0 Å². The summed E-state index contributed by atoms with van der Waals surface area (Å²) < 4.78 is 0.974. The number of carbonyl (C=O) groups excluding carboxylic acids is 1. The van der Waals surface area contributed by atoms with Crippen molar-refractivity contribution in [1.82, 2.24) is 15.3 Å². The summed E-state index contributed by atoms with van der Waals surface area (Å²) in [4.78, 5) is 39.2. The van der Waals surface area contributed by atoms with Gasteiger partial charge in [-0.25, -0.2) is 14.8 Å². The molecule has 1 aromatic carbocycles. The molecule has 4 rings (SSSR count). The van der Waals surface area contributed by atoms with Gasteiger partial charge in [-0.15, -0.1) is 11.3 Å². The zero-order valence-electron chi connectivity index (χ0n) is 25.2. The van der Waals surface area contributed by atoms with Crippen LogP contribution in [-0.4, -0.2) is 39.3 Å². The molecule has 1 aliphatic rings. The number of hydrogen-bond donors (Lipinski definition) is 3. The number of amides is 2. The van der Waals surface area contributed by atoms with Crippen molar-refractivity contribution in [3.8, 4) is 10.4 Å². The summed E-state index contributed by atoms with van der Waals surface area (Å²) in [5.74, 6) is -0.762. The highest BCUT2D eigenvalue weighted by Gasteiger charge is 2.31. The lowest BCUT2D eigenvalue weighted by atomic mass is 9.80. The van der Waals surface area contributed by atoms with Crippen molar-refractivity contribution in [2.24, 2.45) is 10.4 Å². The number of allylic oxidation sites excluding steroid dienone is 5. The number of aromatic nitrogens is 2. The molecule has 0 spiro atoms. The normalized spacial score (nSPS) is 14.6. The number of hydrogen-bond acceptors (Lipinski definition) is 7. The number of thiazole rings is 2. The van der Waals surface area contributed by atoms with E-state index in [9.17, 15) is 14.7 Å². The molecule has 0 saturated heterocycles. The number of rotatable bonds is 13. The number of carboxylic acid groups (broad SMARTS) is 1. The monoisotopic (exact) mass is 617 g/mol. The highest BCUT2D eigenvalue weighted by molar-refractivity contribution is 7.23. The van der Waals surface area contributed by atoms with Gasteiger partial charge in [-0.05, 0) is 62.8 Å². The molecule has 0 radical (unpaired) electrons. The molecule has 3 aromatic rings. The molecule has 1 atom stereocenters. The van der Waals surface area contributed by atoms with Crippen LogP contribution in [0.25, 0.3) is 26.2 Å². The fourth-order valence-electron chi connectivity index (χ4n) is 4.89. The highest BCUT2D eigenvalue weighted by atomic mass is 32.1. The number of fused-ring (bicyclic) bond motifs is 1. The van der Waals surface area contributed by atoms with E-state index in [2.05, 4.69) is 41.8 Å². The number of carbonyl (C=O) groups is 2. The maximum absolute atomic E-state index is 12.2. The van der Waals surface area contributed by atoms with E-state index in [1.54, 1.807) is 11.3 Å². The molecule has 3 N–H and O–H groups in total. The van der Waals surface area contributed by atoms with Gasteiger partial charge in [0, 0.05) is 36.5 Å². The topological polar surface area (TPSA) is 117 Å². The van der Waals surface area contributed by atoms with Gasteiger partial charge in [0.25, 0.3) is 0 Å². The first-order valence-corrected chi connectivity index (χ1v) is 16.2. The van der Waals surface area contributed by atoms with Crippen LogP contribution in [-0.2, 0) is 11.2 Å². The average molecular weight is 618 g/mol. The second-order valence-corrected chi connectivity index (χ2v) is 13.0. The lowest BCUT2D eigenvalue weighted by molar-refractivity contribution is -0.148. The third-order valence-corrected chi connectivity index (χ3v) is 9.66. The van der Waals surface area contributed by atoms with E-state index in [0.29, 0.717) is 37.4 Å².